The van der Waals surface area contributed by atoms with Crippen LogP contribution in [0.5, 0.6) is 0 Å². The van der Waals surface area contributed by atoms with Crippen molar-refractivity contribution in [2.24, 2.45) is 0 Å². The van der Waals surface area contributed by atoms with Crippen LogP contribution >= 0.6 is 11.8 Å². The van der Waals surface area contributed by atoms with Gasteiger partial charge in [-0.25, -0.2) is 4.98 Å². The molecule has 0 bridgehead atoms. The van der Waals surface area contributed by atoms with Crippen molar-refractivity contribution >= 4 is 17.7 Å². The molecular formula is C8H14N4O2S. The summed E-state index contributed by atoms with van der Waals surface area (Å²) in [5, 5.41) is 20.7. The van der Waals surface area contributed by atoms with Gasteiger partial charge in [-0.1, -0.05) is 11.8 Å². The molecule has 0 aliphatic heterocycles. The summed E-state index contributed by atoms with van der Waals surface area (Å²) in [6.45, 7) is 2.31. The maximum Gasteiger partial charge on any atom is 0.227 e. The average molecular weight is 230 g/mol. The fraction of sp³-hybridized carbons (Fsp3) is 0.625. The maximum absolute atomic E-state index is 8.67. The normalized spacial score (nSPS) is 10.3. The van der Waals surface area contributed by atoms with Crippen molar-refractivity contribution in [3.63, 3.8) is 0 Å². The number of nitrogens with one attached hydrogen (secondary N) is 1. The predicted molar refractivity (Wildman–Crippen MR) is 57.9 cm³/mol. The second kappa shape index (κ2) is 6.54. The standard InChI is InChI=1S/C8H14N4O2S/c1-6-10-7(9-2-3-13)12-8(11-6)15-5-4-14/h13-14H,2-5H2,1H3,(H,9,10,11,12). The first-order valence-corrected chi connectivity index (χ1v) is 5.56. The van der Waals surface area contributed by atoms with E-state index in [0.717, 1.165) is 0 Å². The molecule has 0 saturated heterocycles. The molecule has 0 atom stereocenters. The van der Waals surface area contributed by atoms with Gasteiger partial charge in [0.05, 0.1) is 13.2 Å². The summed E-state index contributed by atoms with van der Waals surface area (Å²) in [5.41, 5.74) is 0. The highest BCUT2D eigenvalue weighted by Gasteiger charge is 2.03. The van der Waals surface area contributed by atoms with E-state index in [-0.39, 0.29) is 13.2 Å². The zero-order chi connectivity index (χ0) is 11.1. The first kappa shape index (κ1) is 12.2. The second-order valence-corrected chi connectivity index (χ2v) is 3.77. The van der Waals surface area contributed by atoms with E-state index in [1.807, 2.05) is 0 Å². The Balaban J connectivity index is 2.66. The molecule has 0 radical (unpaired) electrons. The number of rotatable bonds is 6. The lowest BCUT2D eigenvalue weighted by Crippen LogP contribution is -2.10. The van der Waals surface area contributed by atoms with E-state index in [9.17, 15) is 0 Å². The molecular weight excluding hydrogens is 216 g/mol. The van der Waals surface area contributed by atoms with E-state index in [1.165, 1.54) is 11.8 Å². The van der Waals surface area contributed by atoms with Gasteiger partial charge in [0.25, 0.3) is 0 Å². The molecule has 0 aliphatic rings. The third-order valence-electron chi connectivity index (χ3n) is 1.44. The zero-order valence-corrected chi connectivity index (χ0v) is 9.29. The summed E-state index contributed by atoms with van der Waals surface area (Å²) in [4.78, 5) is 12.3. The van der Waals surface area contributed by atoms with Crippen molar-refractivity contribution < 1.29 is 10.2 Å². The van der Waals surface area contributed by atoms with Gasteiger partial charge < -0.3 is 15.5 Å². The van der Waals surface area contributed by atoms with Gasteiger partial charge in [0.15, 0.2) is 5.16 Å². The van der Waals surface area contributed by atoms with Gasteiger partial charge in [-0.15, -0.1) is 0 Å². The van der Waals surface area contributed by atoms with Crippen molar-refractivity contribution in [2.75, 3.05) is 30.8 Å². The maximum atomic E-state index is 8.67. The van der Waals surface area contributed by atoms with Crippen LogP contribution in [-0.4, -0.2) is 50.7 Å². The molecule has 15 heavy (non-hydrogen) atoms. The largest absolute Gasteiger partial charge is 0.396 e. The van der Waals surface area contributed by atoms with E-state index in [1.54, 1.807) is 6.92 Å². The van der Waals surface area contributed by atoms with Crippen molar-refractivity contribution in [3.8, 4) is 0 Å². The van der Waals surface area contributed by atoms with Crippen molar-refractivity contribution in [2.45, 2.75) is 12.1 Å². The summed E-state index contributed by atoms with van der Waals surface area (Å²) in [5.74, 6) is 1.63. The summed E-state index contributed by atoms with van der Waals surface area (Å²) in [6.07, 6.45) is 0. The van der Waals surface area contributed by atoms with Gasteiger partial charge in [-0.05, 0) is 6.92 Å². The molecule has 7 heteroatoms. The van der Waals surface area contributed by atoms with Gasteiger partial charge in [-0.2, -0.15) is 9.97 Å². The number of aliphatic hydroxyl groups is 2. The Morgan fingerprint density at radius 2 is 2.00 bits per heavy atom. The van der Waals surface area contributed by atoms with Gasteiger partial charge in [0.2, 0.25) is 5.95 Å². The van der Waals surface area contributed by atoms with Crippen molar-refractivity contribution in [3.05, 3.63) is 5.82 Å². The first-order valence-electron chi connectivity index (χ1n) is 4.57. The molecule has 0 fully saturated rings. The molecule has 0 saturated carbocycles. The highest BCUT2D eigenvalue weighted by molar-refractivity contribution is 7.99. The Morgan fingerprint density at radius 1 is 1.20 bits per heavy atom. The van der Waals surface area contributed by atoms with Crippen LogP contribution in [0.1, 0.15) is 5.82 Å². The van der Waals surface area contributed by atoms with Crippen LogP contribution in [0.15, 0.2) is 5.16 Å². The third-order valence-corrected chi connectivity index (χ3v) is 2.27. The van der Waals surface area contributed by atoms with Crippen LogP contribution in [0, 0.1) is 6.92 Å². The van der Waals surface area contributed by atoms with Crippen LogP contribution in [0.2, 0.25) is 0 Å². The minimum absolute atomic E-state index is 0.0316. The molecule has 0 aliphatic carbocycles. The van der Waals surface area contributed by atoms with Gasteiger partial charge in [-0.3, -0.25) is 0 Å². The molecule has 1 aromatic rings. The lowest BCUT2D eigenvalue weighted by Gasteiger charge is -2.05. The predicted octanol–water partition coefficient (Wildman–Crippen LogP) is -0.331. The van der Waals surface area contributed by atoms with Crippen LogP contribution in [0.3, 0.4) is 0 Å². The minimum Gasteiger partial charge on any atom is -0.396 e. The smallest absolute Gasteiger partial charge is 0.227 e. The fourth-order valence-corrected chi connectivity index (χ4v) is 1.53. The number of aromatic nitrogens is 3. The second-order valence-electron chi connectivity index (χ2n) is 2.71. The highest BCUT2D eigenvalue weighted by Crippen LogP contribution is 2.13. The van der Waals surface area contributed by atoms with E-state index >= 15 is 0 Å². The summed E-state index contributed by atoms with van der Waals surface area (Å²) in [7, 11) is 0. The van der Waals surface area contributed by atoms with E-state index in [4.69, 9.17) is 10.2 Å². The Labute approximate surface area is 92.2 Å². The number of hydrogen-bond donors (Lipinski definition) is 3. The molecule has 84 valence electrons. The molecule has 0 amide bonds. The van der Waals surface area contributed by atoms with Crippen LogP contribution < -0.4 is 5.32 Å². The monoisotopic (exact) mass is 230 g/mol. The van der Waals surface area contributed by atoms with Gasteiger partial charge in [0, 0.05) is 12.3 Å². The number of hydrogen-bond acceptors (Lipinski definition) is 7. The molecule has 0 aromatic carbocycles. The van der Waals surface area contributed by atoms with Gasteiger partial charge >= 0.3 is 0 Å². The van der Waals surface area contributed by atoms with Crippen LogP contribution in [-0.2, 0) is 0 Å². The number of nitrogens with zero attached hydrogens (tertiary/aromatic N) is 3. The Morgan fingerprint density at radius 3 is 2.67 bits per heavy atom. The molecule has 0 unspecified atom stereocenters. The van der Waals surface area contributed by atoms with Crippen LogP contribution in [0.25, 0.3) is 0 Å². The molecule has 1 heterocycles. The lowest BCUT2D eigenvalue weighted by molar-refractivity contribution is 0.310. The first-order chi connectivity index (χ1) is 7.26. The molecule has 6 nitrogen and oxygen atoms in total. The summed E-state index contributed by atoms with van der Waals surface area (Å²) in [6, 6.07) is 0. The van der Waals surface area contributed by atoms with E-state index in [2.05, 4.69) is 20.3 Å². The average Bonchev–Trinajstić information content (AvgIpc) is 2.23. The quantitative estimate of drug-likeness (QED) is 0.576. The number of aliphatic hydroxyl groups excluding tert-OH is 2. The highest BCUT2D eigenvalue weighted by atomic mass is 32.2. The van der Waals surface area contributed by atoms with Crippen molar-refractivity contribution in [1.29, 1.82) is 0 Å². The molecule has 3 N–H and O–H groups in total. The minimum atomic E-state index is 0.0316. The Bertz CT molecular complexity index is 284. The van der Waals surface area contributed by atoms with E-state index in [0.29, 0.717) is 29.2 Å². The summed E-state index contributed by atoms with van der Waals surface area (Å²) < 4.78 is 0. The van der Waals surface area contributed by atoms with E-state index < -0.39 is 0 Å². The Hall–Kier alpha value is -0.920. The van der Waals surface area contributed by atoms with Crippen molar-refractivity contribution in [1.82, 2.24) is 15.0 Å². The Kier molecular flexibility index (Phi) is 5.30. The SMILES string of the molecule is Cc1nc(NCCO)nc(SCCO)n1. The van der Waals surface area contributed by atoms with Gasteiger partial charge in [0.1, 0.15) is 5.82 Å². The third kappa shape index (κ3) is 4.41. The fourth-order valence-electron chi connectivity index (χ4n) is 0.906. The number of aryl methyl sites for hydroxylation is 1. The molecule has 1 rings (SSSR count). The zero-order valence-electron chi connectivity index (χ0n) is 8.47. The number of anilines is 1. The lowest BCUT2D eigenvalue weighted by atomic mass is 10.6. The molecule has 0 spiro atoms. The summed E-state index contributed by atoms with van der Waals surface area (Å²) >= 11 is 1.37. The van der Waals surface area contributed by atoms with Crippen LogP contribution in [0.4, 0.5) is 5.95 Å². The number of thioether (sulfide) groups is 1. The molecule has 1 aromatic heterocycles. The topological polar surface area (TPSA) is 91.2 Å².